The van der Waals surface area contributed by atoms with Crippen LogP contribution < -0.4 is 20.1 Å². The van der Waals surface area contributed by atoms with Crippen LogP contribution in [0.15, 0.2) is 18.5 Å². The third kappa shape index (κ3) is 4.99. The smallest absolute Gasteiger partial charge is 0.388 e. The van der Waals surface area contributed by atoms with Crippen molar-refractivity contribution >= 4 is 11.6 Å². The Morgan fingerprint density at radius 1 is 1.20 bits per heavy atom. The zero-order valence-corrected chi connectivity index (χ0v) is 13.9. The number of hydrogen-bond acceptors (Lipinski definition) is 7. The van der Waals surface area contributed by atoms with E-state index in [1.165, 1.54) is 12.3 Å². The number of nitrogens with zero attached hydrogens (tertiary/aromatic N) is 3. The first-order chi connectivity index (χ1) is 12.0. The molecule has 0 amide bonds. The number of piperidine rings is 1. The summed E-state index contributed by atoms with van der Waals surface area (Å²) in [5.41, 5.74) is 0. The molecule has 8 nitrogen and oxygen atoms in total. The van der Waals surface area contributed by atoms with Crippen molar-refractivity contribution in [1.29, 1.82) is 0 Å². The van der Waals surface area contributed by atoms with E-state index in [4.69, 9.17) is 4.74 Å². The summed E-state index contributed by atoms with van der Waals surface area (Å²) in [6.07, 6.45) is 4.86. The van der Waals surface area contributed by atoms with Crippen LogP contribution in [0.2, 0.25) is 0 Å². The number of nitrogens with one attached hydrogen (secondary N) is 3. The molecule has 0 radical (unpaired) electrons. The average Bonchev–Trinajstić information content (AvgIpc) is 2.92. The quantitative estimate of drug-likeness (QED) is 0.733. The number of halogens is 2. The van der Waals surface area contributed by atoms with Gasteiger partial charge in [0, 0.05) is 18.2 Å². The van der Waals surface area contributed by atoms with Gasteiger partial charge in [-0.1, -0.05) is 0 Å². The Morgan fingerprint density at radius 2 is 1.96 bits per heavy atom. The summed E-state index contributed by atoms with van der Waals surface area (Å²) in [6.45, 7) is 1.32. The maximum atomic E-state index is 12.2. The first kappa shape index (κ1) is 17.3. The second kappa shape index (κ2) is 7.60. The van der Waals surface area contributed by atoms with Crippen molar-refractivity contribution in [3.8, 4) is 11.8 Å². The minimum Gasteiger partial charge on any atom is -0.473 e. The molecule has 2 aromatic heterocycles. The van der Waals surface area contributed by atoms with E-state index in [1.807, 2.05) is 0 Å². The molecule has 10 heteroatoms. The molecule has 1 aliphatic rings. The van der Waals surface area contributed by atoms with Gasteiger partial charge in [-0.15, -0.1) is 0 Å². The highest BCUT2D eigenvalue weighted by molar-refractivity contribution is 5.51. The summed E-state index contributed by atoms with van der Waals surface area (Å²) in [6, 6.07) is 2.05. The van der Waals surface area contributed by atoms with E-state index in [1.54, 1.807) is 6.20 Å². The second-order valence-electron chi connectivity index (χ2n) is 6.04. The van der Waals surface area contributed by atoms with Gasteiger partial charge < -0.3 is 20.1 Å². The number of ether oxygens (including phenoxy) is 2. The zero-order valence-electron chi connectivity index (χ0n) is 13.9. The lowest BCUT2D eigenvalue weighted by Crippen LogP contribution is -2.46. The Hall–Kier alpha value is -2.49. The maximum Gasteiger partial charge on any atom is 0.388 e. The van der Waals surface area contributed by atoms with Gasteiger partial charge in [-0.05, 0) is 26.7 Å². The van der Waals surface area contributed by atoms with Gasteiger partial charge in [0.2, 0.25) is 11.8 Å². The number of aromatic nitrogens is 4. The Labute approximate surface area is 143 Å². The molecule has 0 bridgehead atoms. The average molecular weight is 354 g/mol. The predicted octanol–water partition coefficient (Wildman–Crippen LogP) is 2.45. The van der Waals surface area contributed by atoms with Crippen LogP contribution in [0.25, 0.3) is 0 Å². The van der Waals surface area contributed by atoms with Gasteiger partial charge in [-0.2, -0.15) is 18.9 Å². The molecule has 3 rings (SSSR count). The lowest BCUT2D eigenvalue weighted by Gasteiger charge is -2.32. The lowest BCUT2D eigenvalue weighted by atomic mass is 9.98. The largest absolute Gasteiger partial charge is 0.473 e. The number of aromatic amines is 1. The van der Waals surface area contributed by atoms with E-state index in [0.717, 1.165) is 12.8 Å². The molecule has 3 heterocycles. The molecule has 25 heavy (non-hydrogen) atoms. The van der Waals surface area contributed by atoms with Crippen LogP contribution in [0.1, 0.15) is 26.7 Å². The number of anilines is 2. The summed E-state index contributed by atoms with van der Waals surface area (Å²) < 4.78 is 34.5. The van der Waals surface area contributed by atoms with Gasteiger partial charge in [0.15, 0.2) is 11.6 Å². The zero-order chi connectivity index (χ0) is 17.8. The van der Waals surface area contributed by atoms with Crippen molar-refractivity contribution in [2.24, 2.45) is 0 Å². The molecular formula is C15H20F2N6O2. The van der Waals surface area contributed by atoms with E-state index < -0.39 is 6.61 Å². The van der Waals surface area contributed by atoms with Crippen LogP contribution in [-0.2, 0) is 0 Å². The molecule has 0 aromatic carbocycles. The minimum atomic E-state index is -2.92. The standard InChI is InChI=1S/C15H20F2N6O2/c1-8-3-10(4-9(2)19-8)24-14-7-18-6-12(21-14)20-11-5-13(23-22-11)25-15(16)17/h5-10,15,19H,3-4H2,1-2H3,(H2,20,21,22,23)/t8-,9-/m0/s1. The molecular weight excluding hydrogens is 334 g/mol. The van der Waals surface area contributed by atoms with Crippen molar-refractivity contribution in [2.75, 3.05) is 5.32 Å². The fourth-order valence-electron chi connectivity index (χ4n) is 2.89. The molecule has 0 aliphatic carbocycles. The second-order valence-corrected chi connectivity index (χ2v) is 6.04. The highest BCUT2D eigenvalue weighted by atomic mass is 19.3. The van der Waals surface area contributed by atoms with E-state index in [9.17, 15) is 8.78 Å². The van der Waals surface area contributed by atoms with Gasteiger partial charge in [-0.25, -0.2) is 5.10 Å². The normalized spacial score (nSPS) is 23.5. The Morgan fingerprint density at radius 3 is 2.68 bits per heavy atom. The Balaban J connectivity index is 1.62. The molecule has 3 N–H and O–H groups in total. The maximum absolute atomic E-state index is 12.2. The van der Waals surface area contributed by atoms with Crippen molar-refractivity contribution in [3.05, 3.63) is 18.5 Å². The van der Waals surface area contributed by atoms with Crippen LogP contribution >= 0.6 is 0 Å². The highest BCUT2D eigenvalue weighted by Crippen LogP contribution is 2.22. The molecule has 0 unspecified atom stereocenters. The Bertz CT molecular complexity index is 688. The highest BCUT2D eigenvalue weighted by Gasteiger charge is 2.25. The minimum absolute atomic E-state index is 0.0622. The van der Waals surface area contributed by atoms with Crippen molar-refractivity contribution in [1.82, 2.24) is 25.5 Å². The molecule has 0 saturated carbocycles. The molecule has 2 aromatic rings. The molecule has 1 fully saturated rings. The van der Waals surface area contributed by atoms with Gasteiger partial charge in [-0.3, -0.25) is 4.98 Å². The number of alkyl halides is 2. The fraction of sp³-hybridized carbons (Fsp3) is 0.533. The van der Waals surface area contributed by atoms with Gasteiger partial charge in [0.25, 0.3) is 0 Å². The molecule has 0 spiro atoms. The number of hydrogen-bond donors (Lipinski definition) is 3. The van der Waals surface area contributed by atoms with Gasteiger partial charge in [0.05, 0.1) is 12.4 Å². The van der Waals surface area contributed by atoms with Gasteiger partial charge in [0.1, 0.15) is 6.10 Å². The van der Waals surface area contributed by atoms with Crippen LogP contribution in [0.3, 0.4) is 0 Å². The fourth-order valence-corrected chi connectivity index (χ4v) is 2.89. The predicted molar refractivity (Wildman–Crippen MR) is 86.2 cm³/mol. The topological polar surface area (TPSA) is 97.0 Å². The summed E-state index contributed by atoms with van der Waals surface area (Å²) in [5.74, 6) is 0.931. The van der Waals surface area contributed by atoms with E-state index in [2.05, 4.69) is 49.4 Å². The molecule has 2 atom stereocenters. The van der Waals surface area contributed by atoms with Crippen LogP contribution in [0.5, 0.6) is 11.8 Å². The summed E-state index contributed by atoms with van der Waals surface area (Å²) in [4.78, 5) is 8.41. The molecule has 1 aliphatic heterocycles. The lowest BCUT2D eigenvalue weighted by molar-refractivity contribution is -0.0528. The summed E-state index contributed by atoms with van der Waals surface area (Å²) >= 11 is 0. The van der Waals surface area contributed by atoms with Crippen molar-refractivity contribution in [3.63, 3.8) is 0 Å². The molecule has 136 valence electrons. The van der Waals surface area contributed by atoms with E-state index >= 15 is 0 Å². The summed E-state index contributed by atoms with van der Waals surface area (Å²) in [5, 5.41) is 12.5. The third-order valence-electron chi connectivity index (χ3n) is 3.73. The van der Waals surface area contributed by atoms with Gasteiger partial charge >= 0.3 is 6.61 Å². The van der Waals surface area contributed by atoms with Crippen molar-refractivity contribution < 1.29 is 18.3 Å². The summed E-state index contributed by atoms with van der Waals surface area (Å²) in [7, 11) is 0. The van der Waals surface area contributed by atoms with Crippen LogP contribution in [0, 0.1) is 0 Å². The third-order valence-corrected chi connectivity index (χ3v) is 3.73. The Kier molecular flexibility index (Phi) is 5.27. The van der Waals surface area contributed by atoms with E-state index in [-0.39, 0.29) is 17.8 Å². The first-order valence-corrected chi connectivity index (χ1v) is 8.00. The number of rotatable bonds is 6. The molecule has 1 saturated heterocycles. The SMILES string of the molecule is C[C@H]1CC(Oc2cncc(Nc3cc(OC(F)F)[nH]n3)n2)C[C@H](C)N1. The monoisotopic (exact) mass is 354 g/mol. The van der Waals surface area contributed by atoms with E-state index in [0.29, 0.717) is 23.8 Å². The van der Waals surface area contributed by atoms with Crippen molar-refractivity contribution in [2.45, 2.75) is 51.5 Å². The number of H-pyrrole nitrogens is 1. The first-order valence-electron chi connectivity index (χ1n) is 8.00. The van der Waals surface area contributed by atoms with Crippen LogP contribution in [0.4, 0.5) is 20.4 Å². The van der Waals surface area contributed by atoms with Crippen LogP contribution in [-0.4, -0.2) is 45.0 Å².